The van der Waals surface area contributed by atoms with E-state index in [1.165, 1.54) is 0 Å². The van der Waals surface area contributed by atoms with E-state index in [0.29, 0.717) is 13.0 Å². The summed E-state index contributed by atoms with van der Waals surface area (Å²) < 4.78 is 10.1. The fourth-order valence-electron chi connectivity index (χ4n) is 1.81. The molecule has 5 heteroatoms. The molecule has 0 aliphatic carbocycles. The Hall–Kier alpha value is -2.04. The van der Waals surface area contributed by atoms with E-state index in [2.05, 4.69) is 5.32 Å². The van der Waals surface area contributed by atoms with Crippen LogP contribution in [-0.4, -0.2) is 24.7 Å². The van der Waals surface area contributed by atoms with Crippen LogP contribution in [0.1, 0.15) is 38.7 Å². The minimum atomic E-state index is -0.645. The molecule has 1 rings (SSSR count). The number of hydrogen-bond donors (Lipinski definition) is 1. The third-order valence-electron chi connectivity index (χ3n) is 2.92. The van der Waals surface area contributed by atoms with Gasteiger partial charge in [-0.25, -0.2) is 9.59 Å². The highest BCUT2D eigenvalue weighted by Gasteiger charge is 2.22. The first-order chi connectivity index (χ1) is 10.2. The lowest BCUT2D eigenvalue weighted by Gasteiger charge is -2.16. The molecule has 116 valence electrons. The van der Waals surface area contributed by atoms with E-state index in [4.69, 9.17) is 9.47 Å². The summed E-state index contributed by atoms with van der Waals surface area (Å²) in [5, 5.41) is 2.57. The second-order valence-electron chi connectivity index (χ2n) is 4.65. The van der Waals surface area contributed by atoms with Gasteiger partial charge >= 0.3 is 12.1 Å². The van der Waals surface area contributed by atoms with Gasteiger partial charge in [0.15, 0.2) is 0 Å². The first kappa shape index (κ1) is 17.0. The fourth-order valence-corrected chi connectivity index (χ4v) is 1.81. The molecule has 1 aromatic rings. The molecule has 0 heterocycles. The van der Waals surface area contributed by atoms with Gasteiger partial charge in [0.2, 0.25) is 0 Å². The zero-order valence-corrected chi connectivity index (χ0v) is 12.6. The molecule has 0 fully saturated rings. The van der Waals surface area contributed by atoms with E-state index in [1.54, 1.807) is 6.92 Å². The summed E-state index contributed by atoms with van der Waals surface area (Å²) in [6.07, 6.45) is 1.72. The van der Waals surface area contributed by atoms with Crippen LogP contribution < -0.4 is 5.32 Å². The van der Waals surface area contributed by atoms with Crippen molar-refractivity contribution in [2.75, 3.05) is 6.61 Å². The molecule has 21 heavy (non-hydrogen) atoms. The molecule has 1 atom stereocenters. The second-order valence-corrected chi connectivity index (χ2v) is 4.65. The zero-order chi connectivity index (χ0) is 15.5. The number of carbonyl (C=O) groups excluding carboxylic acids is 2. The van der Waals surface area contributed by atoms with Crippen molar-refractivity contribution in [1.82, 2.24) is 5.32 Å². The Balaban J connectivity index is 2.45. The van der Waals surface area contributed by atoms with Crippen molar-refractivity contribution >= 4 is 12.1 Å². The third kappa shape index (κ3) is 6.79. The van der Waals surface area contributed by atoms with E-state index >= 15 is 0 Å². The highest BCUT2D eigenvalue weighted by molar-refractivity contribution is 5.81. The quantitative estimate of drug-likeness (QED) is 0.748. The van der Waals surface area contributed by atoms with Gasteiger partial charge in [-0.3, -0.25) is 0 Å². The number of amides is 1. The lowest BCUT2D eigenvalue weighted by atomic mass is 10.1. The maximum atomic E-state index is 11.8. The molecule has 0 aliphatic heterocycles. The summed E-state index contributed by atoms with van der Waals surface area (Å²) in [6, 6.07) is 8.73. The summed E-state index contributed by atoms with van der Waals surface area (Å²) in [6.45, 7) is 4.23. The molecule has 1 amide bonds. The summed E-state index contributed by atoms with van der Waals surface area (Å²) in [5.41, 5.74) is 0.897. The maximum Gasteiger partial charge on any atom is 0.408 e. The number of esters is 1. The lowest BCUT2D eigenvalue weighted by Crippen LogP contribution is -2.42. The van der Waals surface area contributed by atoms with E-state index < -0.39 is 18.1 Å². The minimum absolute atomic E-state index is 0.177. The van der Waals surface area contributed by atoms with Crippen LogP contribution in [0.2, 0.25) is 0 Å². The van der Waals surface area contributed by atoms with Crippen LogP contribution in [0.5, 0.6) is 0 Å². The number of hydrogen-bond acceptors (Lipinski definition) is 4. The Kier molecular flexibility index (Phi) is 7.94. The van der Waals surface area contributed by atoms with E-state index in [-0.39, 0.29) is 6.61 Å². The van der Waals surface area contributed by atoms with Gasteiger partial charge in [-0.05, 0) is 18.9 Å². The van der Waals surface area contributed by atoms with Gasteiger partial charge in [0.25, 0.3) is 0 Å². The number of benzene rings is 1. The summed E-state index contributed by atoms with van der Waals surface area (Å²) in [7, 11) is 0. The van der Waals surface area contributed by atoms with Crippen molar-refractivity contribution in [3.8, 4) is 0 Å². The van der Waals surface area contributed by atoms with E-state index in [0.717, 1.165) is 18.4 Å². The summed E-state index contributed by atoms with van der Waals surface area (Å²) in [5.74, 6) is -0.414. The Morgan fingerprint density at radius 3 is 2.48 bits per heavy atom. The number of carbonyl (C=O) groups is 2. The molecule has 0 saturated carbocycles. The number of unbranched alkanes of at least 4 members (excludes halogenated alkanes) is 1. The van der Waals surface area contributed by atoms with Gasteiger partial charge in [0.05, 0.1) is 6.61 Å². The van der Waals surface area contributed by atoms with E-state index in [1.807, 2.05) is 37.3 Å². The molecule has 0 saturated heterocycles. The predicted octanol–water partition coefficient (Wildman–Crippen LogP) is 3.03. The molecular weight excluding hydrogens is 270 g/mol. The highest BCUT2D eigenvalue weighted by Crippen LogP contribution is 2.05. The van der Waals surface area contributed by atoms with Gasteiger partial charge in [0, 0.05) is 0 Å². The Morgan fingerprint density at radius 2 is 1.86 bits per heavy atom. The van der Waals surface area contributed by atoms with Gasteiger partial charge < -0.3 is 14.8 Å². The number of alkyl carbamates (subject to hydrolysis) is 1. The first-order valence-electron chi connectivity index (χ1n) is 7.31. The topological polar surface area (TPSA) is 64.6 Å². The lowest BCUT2D eigenvalue weighted by molar-refractivity contribution is -0.145. The largest absolute Gasteiger partial charge is 0.464 e. The van der Waals surface area contributed by atoms with Crippen molar-refractivity contribution in [2.45, 2.75) is 45.8 Å². The normalized spacial score (nSPS) is 11.5. The van der Waals surface area contributed by atoms with Crippen LogP contribution in [-0.2, 0) is 20.9 Å². The Morgan fingerprint density at radius 1 is 1.14 bits per heavy atom. The minimum Gasteiger partial charge on any atom is -0.464 e. The van der Waals surface area contributed by atoms with Crippen LogP contribution in [0.3, 0.4) is 0 Å². The highest BCUT2D eigenvalue weighted by atomic mass is 16.6. The van der Waals surface area contributed by atoms with Crippen LogP contribution in [0.15, 0.2) is 30.3 Å². The van der Waals surface area contributed by atoms with Crippen molar-refractivity contribution in [3.63, 3.8) is 0 Å². The van der Waals surface area contributed by atoms with Gasteiger partial charge in [0.1, 0.15) is 12.6 Å². The molecule has 0 bridgehead atoms. The van der Waals surface area contributed by atoms with Gasteiger partial charge in [-0.1, -0.05) is 50.1 Å². The predicted molar refractivity (Wildman–Crippen MR) is 79.7 cm³/mol. The maximum absolute atomic E-state index is 11.8. The summed E-state index contributed by atoms with van der Waals surface area (Å²) >= 11 is 0. The molecule has 0 aromatic heterocycles. The molecular formula is C16H23NO4. The Labute approximate surface area is 125 Å². The number of nitrogens with one attached hydrogen (secondary N) is 1. The van der Waals surface area contributed by atoms with Crippen LogP contribution in [0.25, 0.3) is 0 Å². The van der Waals surface area contributed by atoms with Gasteiger partial charge in [-0.2, -0.15) is 0 Å². The van der Waals surface area contributed by atoms with Crippen molar-refractivity contribution in [2.24, 2.45) is 0 Å². The SMILES string of the molecule is CCCC[C@H](NC(=O)OCc1ccccc1)C(=O)OCC. The molecule has 5 nitrogen and oxygen atoms in total. The van der Waals surface area contributed by atoms with Crippen LogP contribution >= 0.6 is 0 Å². The van der Waals surface area contributed by atoms with Crippen LogP contribution in [0.4, 0.5) is 4.79 Å². The second kappa shape index (κ2) is 9.80. The van der Waals surface area contributed by atoms with Crippen LogP contribution in [0, 0.1) is 0 Å². The first-order valence-corrected chi connectivity index (χ1v) is 7.31. The monoisotopic (exact) mass is 293 g/mol. The van der Waals surface area contributed by atoms with Gasteiger partial charge in [-0.15, -0.1) is 0 Å². The molecule has 0 radical (unpaired) electrons. The number of ether oxygens (including phenoxy) is 2. The van der Waals surface area contributed by atoms with E-state index in [9.17, 15) is 9.59 Å². The van der Waals surface area contributed by atoms with Crippen molar-refractivity contribution in [1.29, 1.82) is 0 Å². The Bertz CT molecular complexity index is 433. The molecule has 1 N–H and O–H groups in total. The van der Waals surface area contributed by atoms with Crippen molar-refractivity contribution in [3.05, 3.63) is 35.9 Å². The molecule has 1 aromatic carbocycles. The average Bonchev–Trinajstić information content (AvgIpc) is 2.50. The standard InChI is InChI=1S/C16H23NO4/c1-3-5-11-14(15(18)20-4-2)17-16(19)21-12-13-9-7-6-8-10-13/h6-10,14H,3-5,11-12H2,1-2H3,(H,17,19)/t14-/m0/s1. The molecule has 0 unspecified atom stereocenters. The smallest absolute Gasteiger partial charge is 0.408 e. The fraction of sp³-hybridized carbons (Fsp3) is 0.500. The summed E-state index contributed by atoms with van der Waals surface area (Å²) in [4.78, 5) is 23.5. The molecule has 0 aliphatic rings. The average molecular weight is 293 g/mol. The zero-order valence-electron chi connectivity index (χ0n) is 12.6. The molecule has 0 spiro atoms. The number of rotatable bonds is 8. The third-order valence-corrected chi connectivity index (χ3v) is 2.92. The van der Waals surface area contributed by atoms with Crippen molar-refractivity contribution < 1.29 is 19.1 Å².